The number of ether oxygens (including phenoxy) is 1. The molecule has 3 rings (SSSR count). The highest BCUT2D eigenvalue weighted by Gasteiger charge is 2.13. The molecule has 7 heteroatoms. The largest absolute Gasteiger partial charge is 0.484 e. The molecule has 0 fully saturated rings. The topological polar surface area (TPSA) is 69.3 Å². The van der Waals surface area contributed by atoms with E-state index < -0.39 is 0 Å². The predicted octanol–water partition coefficient (Wildman–Crippen LogP) is 4.08. The third-order valence-corrected chi connectivity index (χ3v) is 4.56. The second-order valence-corrected chi connectivity index (χ2v) is 6.62. The summed E-state index contributed by atoms with van der Waals surface area (Å²) in [4.78, 5) is 12.3. The number of aromatic nitrogens is 2. The van der Waals surface area contributed by atoms with Gasteiger partial charge >= 0.3 is 0 Å². The van der Waals surface area contributed by atoms with Gasteiger partial charge in [-0.25, -0.2) is 0 Å². The van der Waals surface area contributed by atoms with Crippen molar-refractivity contribution in [1.82, 2.24) is 15.1 Å². The van der Waals surface area contributed by atoms with E-state index in [1.165, 1.54) is 0 Å². The lowest BCUT2D eigenvalue weighted by Crippen LogP contribution is -2.22. The van der Waals surface area contributed by atoms with Gasteiger partial charge in [0.1, 0.15) is 18.1 Å². The number of carbonyl (C=O) groups excluding carboxylic acids is 1. The summed E-state index contributed by atoms with van der Waals surface area (Å²) >= 11 is 3.43. The maximum absolute atomic E-state index is 12.3. The van der Waals surface area contributed by atoms with Gasteiger partial charge in [-0.3, -0.25) is 9.48 Å². The van der Waals surface area contributed by atoms with Crippen molar-refractivity contribution in [2.24, 2.45) is 0 Å². The fraction of sp³-hybridized carbons (Fsp3) is 0.263. The Labute approximate surface area is 160 Å². The lowest BCUT2D eigenvalue weighted by molar-refractivity contribution is 0.0919. The number of rotatable bonds is 7. The van der Waals surface area contributed by atoms with Crippen LogP contribution in [-0.2, 0) is 19.7 Å². The van der Waals surface area contributed by atoms with Crippen molar-refractivity contribution in [2.75, 3.05) is 0 Å². The van der Waals surface area contributed by atoms with E-state index in [1.807, 2.05) is 49.0 Å². The monoisotopic (exact) mass is 417 g/mol. The maximum Gasteiger partial charge on any atom is 0.287 e. The van der Waals surface area contributed by atoms with E-state index in [0.717, 1.165) is 28.0 Å². The first-order chi connectivity index (χ1) is 12.6. The first-order valence-electron chi connectivity index (χ1n) is 8.34. The van der Waals surface area contributed by atoms with Gasteiger partial charge in [0, 0.05) is 24.8 Å². The molecule has 1 aromatic carbocycles. The van der Waals surface area contributed by atoms with Gasteiger partial charge in [-0.15, -0.1) is 0 Å². The molecule has 136 valence electrons. The zero-order valence-electron chi connectivity index (χ0n) is 14.7. The first-order valence-corrected chi connectivity index (χ1v) is 9.13. The Bertz CT molecular complexity index is 901. The molecule has 3 aromatic rings. The summed E-state index contributed by atoms with van der Waals surface area (Å²) in [7, 11) is 0. The summed E-state index contributed by atoms with van der Waals surface area (Å²) in [6, 6.07) is 11.0. The zero-order valence-corrected chi connectivity index (χ0v) is 16.2. The van der Waals surface area contributed by atoms with Gasteiger partial charge in [0.2, 0.25) is 0 Å². The van der Waals surface area contributed by atoms with Crippen molar-refractivity contribution in [3.8, 4) is 5.75 Å². The van der Waals surface area contributed by atoms with E-state index in [4.69, 9.17) is 9.15 Å². The zero-order chi connectivity index (χ0) is 18.5. The van der Waals surface area contributed by atoms with Gasteiger partial charge in [-0.2, -0.15) is 5.10 Å². The standard InChI is InChI=1S/C19H20BrN3O3/c1-3-23-11-14(13(2)22-23)10-21-19(24)18-9-8-15(26-18)12-25-17-7-5-4-6-16(17)20/h4-9,11H,3,10,12H2,1-2H3,(H,21,24). The average Bonchev–Trinajstić information content (AvgIpc) is 3.25. The molecule has 2 heterocycles. The Balaban J connectivity index is 1.56. The molecule has 0 saturated carbocycles. The fourth-order valence-electron chi connectivity index (χ4n) is 2.45. The summed E-state index contributed by atoms with van der Waals surface area (Å²) in [5.41, 5.74) is 1.90. The van der Waals surface area contributed by atoms with Crippen LogP contribution in [0, 0.1) is 6.92 Å². The number of amides is 1. The summed E-state index contributed by atoms with van der Waals surface area (Å²) in [5.74, 6) is 1.30. The number of nitrogens with zero attached hydrogens (tertiary/aromatic N) is 2. The van der Waals surface area contributed by atoms with Crippen LogP contribution < -0.4 is 10.1 Å². The molecule has 0 spiro atoms. The Morgan fingerprint density at radius 2 is 2.12 bits per heavy atom. The molecule has 0 aliphatic carbocycles. The van der Waals surface area contributed by atoms with Crippen LogP contribution in [0.5, 0.6) is 5.75 Å². The predicted molar refractivity (Wildman–Crippen MR) is 101 cm³/mol. The average molecular weight is 418 g/mol. The summed E-state index contributed by atoms with van der Waals surface area (Å²) in [6.45, 7) is 5.41. The highest BCUT2D eigenvalue weighted by atomic mass is 79.9. The lowest BCUT2D eigenvalue weighted by atomic mass is 10.2. The van der Waals surface area contributed by atoms with E-state index in [9.17, 15) is 4.79 Å². The van der Waals surface area contributed by atoms with Crippen molar-refractivity contribution in [1.29, 1.82) is 0 Å². The number of nitrogens with one attached hydrogen (secondary N) is 1. The normalized spacial score (nSPS) is 10.7. The van der Waals surface area contributed by atoms with Crippen LogP contribution in [0.15, 0.2) is 51.5 Å². The number of aryl methyl sites for hydroxylation is 2. The summed E-state index contributed by atoms with van der Waals surface area (Å²) < 4.78 is 14.0. The number of carbonyl (C=O) groups is 1. The molecule has 0 aliphatic heterocycles. The molecule has 2 aromatic heterocycles. The Morgan fingerprint density at radius 1 is 1.31 bits per heavy atom. The molecule has 0 aliphatic rings. The van der Waals surface area contributed by atoms with Crippen molar-refractivity contribution in [3.05, 3.63) is 69.8 Å². The van der Waals surface area contributed by atoms with Gasteiger partial charge in [0.05, 0.1) is 10.2 Å². The van der Waals surface area contributed by atoms with Crippen molar-refractivity contribution < 1.29 is 13.9 Å². The van der Waals surface area contributed by atoms with E-state index in [2.05, 4.69) is 26.3 Å². The van der Waals surface area contributed by atoms with Crippen LogP contribution >= 0.6 is 15.9 Å². The van der Waals surface area contributed by atoms with Crippen LogP contribution in [0.1, 0.15) is 34.5 Å². The molecule has 26 heavy (non-hydrogen) atoms. The third kappa shape index (κ3) is 4.35. The molecule has 1 N–H and O–H groups in total. The van der Waals surface area contributed by atoms with Gasteiger partial charge in [-0.1, -0.05) is 12.1 Å². The number of benzene rings is 1. The van der Waals surface area contributed by atoms with Crippen LogP contribution in [0.2, 0.25) is 0 Å². The summed E-state index contributed by atoms with van der Waals surface area (Å²) in [5, 5.41) is 7.22. The second-order valence-electron chi connectivity index (χ2n) is 5.76. The van der Waals surface area contributed by atoms with Crippen molar-refractivity contribution in [3.63, 3.8) is 0 Å². The number of furan rings is 1. The van der Waals surface area contributed by atoms with E-state index in [0.29, 0.717) is 12.3 Å². The highest BCUT2D eigenvalue weighted by Crippen LogP contribution is 2.25. The Kier molecular flexibility index (Phi) is 5.78. The van der Waals surface area contributed by atoms with E-state index in [1.54, 1.807) is 12.1 Å². The molecule has 0 saturated heterocycles. The smallest absolute Gasteiger partial charge is 0.287 e. The van der Waals surface area contributed by atoms with E-state index in [-0.39, 0.29) is 18.3 Å². The number of para-hydroxylation sites is 1. The summed E-state index contributed by atoms with van der Waals surface area (Å²) in [6.07, 6.45) is 1.94. The molecule has 0 radical (unpaired) electrons. The van der Waals surface area contributed by atoms with E-state index >= 15 is 0 Å². The molecule has 0 atom stereocenters. The highest BCUT2D eigenvalue weighted by molar-refractivity contribution is 9.10. The fourth-order valence-corrected chi connectivity index (χ4v) is 2.84. The minimum atomic E-state index is -0.263. The Morgan fingerprint density at radius 3 is 2.85 bits per heavy atom. The molecule has 0 bridgehead atoms. The van der Waals surface area contributed by atoms with Gasteiger partial charge < -0.3 is 14.5 Å². The van der Waals surface area contributed by atoms with Crippen LogP contribution in [0.25, 0.3) is 0 Å². The van der Waals surface area contributed by atoms with Crippen molar-refractivity contribution in [2.45, 2.75) is 33.5 Å². The SMILES string of the molecule is CCn1cc(CNC(=O)c2ccc(COc3ccccc3Br)o2)c(C)n1. The van der Waals surface area contributed by atoms with Crippen molar-refractivity contribution >= 4 is 21.8 Å². The lowest BCUT2D eigenvalue weighted by Gasteiger charge is -2.06. The molecule has 1 amide bonds. The van der Waals surface area contributed by atoms with Gasteiger partial charge in [0.15, 0.2) is 5.76 Å². The number of hydrogen-bond donors (Lipinski definition) is 1. The Hall–Kier alpha value is -2.54. The molecular weight excluding hydrogens is 398 g/mol. The number of halogens is 1. The van der Waals surface area contributed by atoms with Crippen LogP contribution in [0.4, 0.5) is 0 Å². The quantitative estimate of drug-likeness (QED) is 0.628. The van der Waals surface area contributed by atoms with Crippen LogP contribution in [-0.4, -0.2) is 15.7 Å². The molecular formula is C19H20BrN3O3. The minimum Gasteiger partial charge on any atom is -0.484 e. The minimum absolute atomic E-state index is 0.248. The maximum atomic E-state index is 12.3. The third-order valence-electron chi connectivity index (χ3n) is 3.90. The van der Waals surface area contributed by atoms with Gasteiger partial charge in [-0.05, 0) is 54.0 Å². The number of hydrogen-bond acceptors (Lipinski definition) is 4. The van der Waals surface area contributed by atoms with Gasteiger partial charge in [0.25, 0.3) is 5.91 Å². The molecule has 0 unspecified atom stereocenters. The first kappa shape index (κ1) is 18.3. The second kappa shape index (κ2) is 8.23. The van der Waals surface area contributed by atoms with Crippen LogP contribution in [0.3, 0.4) is 0 Å². The molecule has 6 nitrogen and oxygen atoms in total.